The molecular formula is C39H30NOP. The molecule has 0 aliphatic heterocycles. The van der Waals surface area contributed by atoms with Crippen LogP contribution in [-0.4, -0.2) is 4.57 Å². The first kappa shape index (κ1) is 26.0. The van der Waals surface area contributed by atoms with E-state index in [1.807, 2.05) is 72.8 Å². The average molecular weight is 560 g/mol. The first-order chi connectivity index (χ1) is 20.7. The van der Waals surface area contributed by atoms with E-state index >= 15 is 4.57 Å². The van der Waals surface area contributed by atoms with Crippen LogP contribution in [0.15, 0.2) is 164 Å². The van der Waals surface area contributed by atoms with Crippen LogP contribution in [0, 0.1) is 0 Å². The Balaban J connectivity index is 1.50. The molecule has 7 rings (SSSR count). The van der Waals surface area contributed by atoms with E-state index in [0.29, 0.717) is 0 Å². The van der Waals surface area contributed by atoms with Gasteiger partial charge in [0.1, 0.15) is 0 Å². The van der Waals surface area contributed by atoms with E-state index in [1.165, 1.54) is 16.5 Å². The summed E-state index contributed by atoms with van der Waals surface area (Å²) >= 11 is 0. The minimum absolute atomic E-state index is 0.830. The predicted molar refractivity (Wildman–Crippen MR) is 179 cm³/mol. The Morgan fingerprint density at radius 1 is 0.476 bits per heavy atom. The Kier molecular flexibility index (Phi) is 6.70. The van der Waals surface area contributed by atoms with Crippen molar-refractivity contribution >= 4 is 34.0 Å². The fourth-order valence-electron chi connectivity index (χ4n) is 6.11. The number of para-hydroxylation sites is 1. The molecule has 0 aliphatic carbocycles. The lowest BCUT2D eigenvalue weighted by atomic mass is 9.96. The highest BCUT2D eigenvalue weighted by Gasteiger charge is 2.33. The van der Waals surface area contributed by atoms with Gasteiger partial charge in [-0.3, -0.25) is 0 Å². The Bertz CT molecular complexity index is 2000. The molecule has 42 heavy (non-hydrogen) atoms. The van der Waals surface area contributed by atoms with Gasteiger partial charge in [-0.15, -0.1) is 0 Å². The first-order valence-electron chi connectivity index (χ1n) is 14.2. The van der Waals surface area contributed by atoms with Gasteiger partial charge in [0, 0.05) is 45.0 Å². The summed E-state index contributed by atoms with van der Waals surface area (Å²) in [5.41, 5.74) is 7.83. The second-order valence-electron chi connectivity index (χ2n) is 10.5. The molecule has 0 fully saturated rings. The normalized spacial score (nSPS) is 11.5. The number of aromatic nitrogens is 1. The molecule has 0 amide bonds. The molecular weight excluding hydrogens is 529 g/mol. The van der Waals surface area contributed by atoms with Crippen molar-refractivity contribution in [2.24, 2.45) is 7.05 Å². The van der Waals surface area contributed by atoms with Gasteiger partial charge in [-0.05, 0) is 22.8 Å². The third-order valence-corrected chi connectivity index (χ3v) is 11.2. The molecule has 0 N–H and O–H groups in total. The summed E-state index contributed by atoms with van der Waals surface area (Å²) in [6, 6.07) is 55.9. The summed E-state index contributed by atoms with van der Waals surface area (Å²) < 4.78 is 17.8. The fraction of sp³-hybridized carbons (Fsp3) is 0.0256. The standard InChI is InChI=1S/C39H30NOP/c1-40-36-23-13-11-21-34(36)38(31-27-25-30(26-28-31)29-15-5-2-6-16-29)39(40)35-22-12-14-24-37(35)42(41,32-17-7-3-8-18-32)33-19-9-4-10-20-33/h2-28H,1H3. The largest absolute Gasteiger partial charge is 0.343 e. The molecule has 1 heterocycles. The number of benzene rings is 6. The SMILES string of the molecule is Cn1c(-c2ccccc2P(=O)(c2ccccc2)c2ccccc2)c(-c2ccc(-c3ccccc3)cc2)c2ccccc21. The number of rotatable bonds is 6. The van der Waals surface area contributed by atoms with Crippen LogP contribution in [0.3, 0.4) is 0 Å². The van der Waals surface area contributed by atoms with E-state index in [9.17, 15) is 0 Å². The molecule has 202 valence electrons. The summed E-state index contributed by atoms with van der Waals surface area (Å²) in [5, 5.41) is 3.68. The van der Waals surface area contributed by atoms with Crippen LogP contribution in [0.5, 0.6) is 0 Å². The number of hydrogen-bond donors (Lipinski definition) is 0. The molecule has 2 nitrogen and oxygen atoms in total. The van der Waals surface area contributed by atoms with Crippen LogP contribution in [0.4, 0.5) is 0 Å². The summed E-state index contributed by atoms with van der Waals surface area (Å²) in [4.78, 5) is 0. The second-order valence-corrected chi connectivity index (χ2v) is 13.3. The van der Waals surface area contributed by atoms with Crippen LogP contribution < -0.4 is 15.9 Å². The summed E-state index contributed by atoms with van der Waals surface area (Å²) in [6.07, 6.45) is 0. The Morgan fingerprint density at radius 2 is 0.952 bits per heavy atom. The van der Waals surface area contributed by atoms with Crippen LogP contribution in [0.1, 0.15) is 0 Å². The van der Waals surface area contributed by atoms with Gasteiger partial charge in [0.2, 0.25) is 0 Å². The molecule has 7 aromatic rings. The molecule has 0 aliphatic rings. The fourth-order valence-corrected chi connectivity index (χ4v) is 8.97. The Morgan fingerprint density at radius 3 is 1.60 bits per heavy atom. The Labute approximate surface area is 246 Å². The summed E-state index contributed by atoms with van der Waals surface area (Å²) in [6.45, 7) is 0. The van der Waals surface area contributed by atoms with Crippen molar-refractivity contribution < 1.29 is 4.57 Å². The molecule has 0 bridgehead atoms. The van der Waals surface area contributed by atoms with Gasteiger partial charge < -0.3 is 9.13 Å². The van der Waals surface area contributed by atoms with Gasteiger partial charge in [-0.25, -0.2) is 0 Å². The van der Waals surface area contributed by atoms with Crippen molar-refractivity contribution in [2.75, 3.05) is 0 Å². The second kappa shape index (κ2) is 10.8. The van der Waals surface area contributed by atoms with Gasteiger partial charge in [0.05, 0.1) is 5.69 Å². The third-order valence-electron chi connectivity index (χ3n) is 8.13. The molecule has 6 aromatic carbocycles. The van der Waals surface area contributed by atoms with Gasteiger partial charge >= 0.3 is 0 Å². The van der Waals surface area contributed by atoms with Gasteiger partial charge in [0.15, 0.2) is 7.14 Å². The lowest BCUT2D eigenvalue weighted by Crippen LogP contribution is -2.26. The Hall–Kier alpha value is -4.91. The van der Waals surface area contributed by atoms with Crippen LogP contribution in [0.2, 0.25) is 0 Å². The number of fused-ring (bicyclic) bond motifs is 1. The molecule has 0 unspecified atom stereocenters. The van der Waals surface area contributed by atoms with E-state index < -0.39 is 7.14 Å². The van der Waals surface area contributed by atoms with Crippen LogP contribution >= 0.6 is 7.14 Å². The first-order valence-corrected chi connectivity index (χ1v) is 15.9. The molecule has 0 spiro atoms. The molecule has 0 radical (unpaired) electrons. The molecule has 0 saturated carbocycles. The lowest BCUT2D eigenvalue weighted by molar-refractivity contribution is 0.592. The monoisotopic (exact) mass is 559 g/mol. The quantitative estimate of drug-likeness (QED) is 0.187. The van der Waals surface area contributed by atoms with Crippen molar-refractivity contribution in [1.82, 2.24) is 4.57 Å². The summed E-state index contributed by atoms with van der Waals surface area (Å²) in [7, 11) is -1.10. The summed E-state index contributed by atoms with van der Waals surface area (Å²) in [5.74, 6) is 0. The van der Waals surface area contributed by atoms with E-state index in [-0.39, 0.29) is 0 Å². The third kappa shape index (κ3) is 4.33. The van der Waals surface area contributed by atoms with Gasteiger partial charge in [0.25, 0.3) is 0 Å². The van der Waals surface area contributed by atoms with Crippen molar-refractivity contribution in [3.63, 3.8) is 0 Å². The lowest BCUT2D eigenvalue weighted by Gasteiger charge is -2.23. The smallest absolute Gasteiger partial charge is 0.171 e. The van der Waals surface area contributed by atoms with E-state index in [2.05, 4.69) is 103 Å². The van der Waals surface area contributed by atoms with Crippen molar-refractivity contribution in [2.45, 2.75) is 0 Å². The topological polar surface area (TPSA) is 22.0 Å². The van der Waals surface area contributed by atoms with E-state index in [4.69, 9.17) is 0 Å². The molecule has 3 heteroatoms. The van der Waals surface area contributed by atoms with Gasteiger partial charge in [-0.2, -0.15) is 0 Å². The van der Waals surface area contributed by atoms with Crippen molar-refractivity contribution in [3.8, 4) is 33.5 Å². The number of aryl methyl sites for hydroxylation is 1. The van der Waals surface area contributed by atoms with Crippen molar-refractivity contribution in [1.29, 1.82) is 0 Å². The van der Waals surface area contributed by atoms with E-state index in [0.717, 1.165) is 43.8 Å². The number of nitrogens with zero attached hydrogens (tertiary/aromatic N) is 1. The zero-order valence-electron chi connectivity index (χ0n) is 23.4. The zero-order valence-corrected chi connectivity index (χ0v) is 24.3. The molecule has 0 atom stereocenters. The highest BCUT2D eigenvalue weighted by molar-refractivity contribution is 7.85. The highest BCUT2D eigenvalue weighted by atomic mass is 31.2. The van der Waals surface area contributed by atoms with Crippen LogP contribution in [-0.2, 0) is 11.6 Å². The van der Waals surface area contributed by atoms with E-state index in [1.54, 1.807) is 0 Å². The highest BCUT2D eigenvalue weighted by Crippen LogP contribution is 2.48. The van der Waals surface area contributed by atoms with Gasteiger partial charge in [-0.1, -0.05) is 158 Å². The van der Waals surface area contributed by atoms with Crippen molar-refractivity contribution in [3.05, 3.63) is 164 Å². The minimum atomic E-state index is -3.22. The maximum Gasteiger partial charge on any atom is 0.171 e. The average Bonchev–Trinajstić information content (AvgIpc) is 3.37. The molecule has 0 saturated heterocycles. The number of hydrogen-bond acceptors (Lipinski definition) is 1. The molecule has 1 aromatic heterocycles. The predicted octanol–water partition coefficient (Wildman–Crippen LogP) is 8.82. The maximum atomic E-state index is 15.6. The zero-order chi connectivity index (χ0) is 28.5. The minimum Gasteiger partial charge on any atom is -0.343 e. The maximum absolute atomic E-state index is 15.6. The van der Waals surface area contributed by atoms with Crippen LogP contribution in [0.25, 0.3) is 44.4 Å².